The third-order valence-corrected chi connectivity index (χ3v) is 2.87. The van der Waals surface area contributed by atoms with Gasteiger partial charge in [-0.1, -0.05) is 13.0 Å². The molecule has 5 nitrogen and oxygen atoms in total. The number of aromatic nitrogens is 1. The van der Waals surface area contributed by atoms with Crippen LogP contribution in [-0.4, -0.2) is 41.9 Å². The number of rotatable bonds is 3. The highest BCUT2D eigenvalue weighted by Gasteiger charge is 2.20. The number of hydrogen-bond donors (Lipinski definition) is 1. The van der Waals surface area contributed by atoms with E-state index in [0.717, 1.165) is 19.5 Å². The van der Waals surface area contributed by atoms with Crippen molar-refractivity contribution in [3.05, 3.63) is 23.9 Å². The SMILES string of the molecule is CCC1CN(c2cccc(C(=O)O)n2)CCO1. The predicted molar refractivity (Wildman–Crippen MR) is 63.4 cm³/mol. The predicted octanol–water partition coefficient (Wildman–Crippen LogP) is 1.40. The van der Waals surface area contributed by atoms with Crippen LogP contribution in [0.4, 0.5) is 5.82 Å². The Labute approximate surface area is 100 Å². The van der Waals surface area contributed by atoms with Crippen molar-refractivity contribution in [1.29, 1.82) is 0 Å². The monoisotopic (exact) mass is 236 g/mol. The molecule has 92 valence electrons. The normalized spacial score (nSPS) is 20.3. The van der Waals surface area contributed by atoms with Gasteiger partial charge in [0.05, 0.1) is 12.7 Å². The Bertz CT molecular complexity index is 408. The molecule has 1 aromatic rings. The third-order valence-electron chi connectivity index (χ3n) is 2.87. The Morgan fingerprint density at radius 3 is 3.18 bits per heavy atom. The van der Waals surface area contributed by atoms with Crippen molar-refractivity contribution < 1.29 is 14.6 Å². The van der Waals surface area contributed by atoms with Gasteiger partial charge < -0.3 is 14.7 Å². The van der Waals surface area contributed by atoms with Crippen LogP contribution in [0.3, 0.4) is 0 Å². The molecule has 0 saturated carbocycles. The summed E-state index contributed by atoms with van der Waals surface area (Å²) in [5.74, 6) is -0.279. The van der Waals surface area contributed by atoms with Gasteiger partial charge >= 0.3 is 5.97 Å². The number of carboxylic acid groups (broad SMARTS) is 1. The molecule has 0 amide bonds. The smallest absolute Gasteiger partial charge is 0.354 e. The van der Waals surface area contributed by atoms with E-state index in [1.54, 1.807) is 6.07 Å². The lowest BCUT2D eigenvalue weighted by Gasteiger charge is -2.33. The highest BCUT2D eigenvalue weighted by molar-refractivity contribution is 5.85. The molecule has 2 heterocycles. The van der Waals surface area contributed by atoms with Crippen molar-refractivity contribution in [3.8, 4) is 0 Å². The molecule has 0 aromatic carbocycles. The largest absolute Gasteiger partial charge is 0.477 e. The standard InChI is InChI=1S/C12H16N2O3/c1-2-9-8-14(6-7-17-9)11-5-3-4-10(13-11)12(15)16/h3-5,9H,2,6-8H2,1H3,(H,15,16). The van der Waals surface area contributed by atoms with Gasteiger partial charge in [0.1, 0.15) is 5.82 Å². The molecule has 0 aliphatic carbocycles. The van der Waals surface area contributed by atoms with E-state index < -0.39 is 5.97 Å². The number of hydrogen-bond acceptors (Lipinski definition) is 4. The van der Waals surface area contributed by atoms with Crippen molar-refractivity contribution in [2.45, 2.75) is 19.4 Å². The first kappa shape index (κ1) is 11.9. The number of pyridine rings is 1. The minimum absolute atomic E-state index is 0.0852. The summed E-state index contributed by atoms with van der Waals surface area (Å²) in [7, 11) is 0. The first-order valence-corrected chi connectivity index (χ1v) is 5.77. The number of anilines is 1. The van der Waals surface area contributed by atoms with Gasteiger partial charge in [-0.2, -0.15) is 0 Å². The first-order chi connectivity index (χ1) is 8.20. The van der Waals surface area contributed by atoms with Gasteiger partial charge in [0.15, 0.2) is 5.69 Å². The number of aromatic carboxylic acids is 1. The van der Waals surface area contributed by atoms with E-state index in [2.05, 4.69) is 16.8 Å². The van der Waals surface area contributed by atoms with Crippen LogP contribution in [0.15, 0.2) is 18.2 Å². The van der Waals surface area contributed by atoms with E-state index in [4.69, 9.17) is 9.84 Å². The highest BCUT2D eigenvalue weighted by atomic mass is 16.5. The lowest BCUT2D eigenvalue weighted by molar-refractivity contribution is 0.0381. The fourth-order valence-electron chi connectivity index (χ4n) is 1.89. The van der Waals surface area contributed by atoms with Gasteiger partial charge in [0, 0.05) is 13.1 Å². The minimum atomic E-state index is -0.993. The Kier molecular flexibility index (Phi) is 3.58. The maximum Gasteiger partial charge on any atom is 0.354 e. The zero-order valence-corrected chi connectivity index (χ0v) is 9.80. The summed E-state index contributed by atoms with van der Waals surface area (Å²) in [6, 6.07) is 5.07. The summed E-state index contributed by atoms with van der Waals surface area (Å²) in [6.45, 7) is 4.27. The molecule has 0 bridgehead atoms. The number of carbonyl (C=O) groups is 1. The van der Waals surface area contributed by atoms with Gasteiger partial charge in [-0.05, 0) is 18.6 Å². The van der Waals surface area contributed by atoms with Crippen LogP contribution in [0.25, 0.3) is 0 Å². The van der Waals surface area contributed by atoms with Crippen LogP contribution in [0.5, 0.6) is 0 Å². The van der Waals surface area contributed by atoms with E-state index in [9.17, 15) is 4.79 Å². The molecule has 5 heteroatoms. The summed E-state index contributed by atoms with van der Waals surface area (Å²) in [5.41, 5.74) is 0.0852. The zero-order chi connectivity index (χ0) is 12.3. The molecule has 2 rings (SSSR count). The summed E-state index contributed by atoms with van der Waals surface area (Å²) in [5, 5.41) is 8.90. The van der Waals surface area contributed by atoms with Crippen LogP contribution >= 0.6 is 0 Å². The van der Waals surface area contributed by atoms with Gasteiger partial charge in [-0.3, -0.25) is 0 Å². The van der Waals surface area contributed by atoms with Gasteiger partial charge in [-0.15, -0.1) is 0 Å². The van der Waals surface area contributed by atoms with Crippen molar-refractivity contribution in [2.24, 2.45) is 0 Å². The van der Waals surface area contributed by atoms with Crippen LogP contribution in [0, 0.1) is 0 Å². The molecule has 0 spiro atoms. The second kappa shape index (κ2) is 5.14. The van der Waals surface area contributed by atoms with Crippen LogP contribution in [0.2, 0.25) is 0 Å². The molecule has 1 saturated heterocycles. The fraction of sp³-hybridized carbons (Fsp3) is 0.500. The van der Waals surface area contributed by atoms with Crippen molar-refractivity contribution in [3.63, 3.8) is 0 Å². The van der Waals surface area contributed by atoms with E-state index in [1.165, 1.54) is 6.07 Å². The van der Waals surface area contributed by atoms with Gasteiger partial charge in [0.25, 0.3) is 0 Å². The average Bonchev–Trinajstić information content (AvgIpc) is 2.39. The summed E-state index contributed by atoms with van der Waals surface area (Å²) in [4.78, 5) is 17.1. The minimum Gasteiger partial charge on any atom is -0.477 e. The third kappa shape index (κ3) is 2.74. The lowest BCUT2D eigenvalue weighted by Crippen LogP contribution is -2.42. The quantitative estimate of drug-likeness (QED) is 0.859. The topological polar surface area (TPSA) is 62.7 Å². The molecular formula is C12H16N2O3. The Morgan fingerprint density at radius 1 is 1.65 bits per heavy atom. The van der Waals surface area contributed by atoms with E-state index in [1.807, 2.05) is 6.07 Å². The number of morpholine rings is 1. The van der Waals surface area contributed by atoms with Crippen LogP contribution in [-0.2, 0) is 4.74 Å². The van der Waals surface area contributed by atoms with Crippen LogP contribution in [0.1, 0.15) is 23.8 Å². The Hall–Kier alpha value is -1.62. The van der Waals surface area contributed by atoms with Crippen LogP contribution < -0.4 is 4.90 Å². The summed E-state index contributed by atoms with van der Waals surface area (Å²) >= 11 is 0. The molecular weight excluding hydrogens is 220 g/mol. The molecule has 1 unspecified atom stereocenters. The highest BCUT2D eigenvalue weighted by Crippen LogP contribution is 2.16. The van der Waals surface area contributed by atoms with E-state index in [-0.39, 0.29) is 11.8 Å². The number of carboxylic acids is 1. The molecule has 1 aliphatic rings. The van der Waals surface area contributed by atoms with E-state index >= 15 is 0 Å². The number of nitrogens with zero attached hydrogens (tertiary/aromatic N) is 2. The molecule has 1 fully saturated rings. The molecule has 17 heavy (non-hydrogen) atoms. The molecule has 1 atom stereocenters. The van der Waals surface area contributed by atoms with Crippen molar-refractivity contribution >= 4 is 11.8 Å². The zero-order valence-electron chi connectivity index (χ0n) is 9.80. The van der Waals surface area contributed by atoms with E-state index in [0.29, 0.717) is 12.4 Å². The van der Waals surface area contributed by atoms with Gasteiger partial charge in [-0.25, -0.2) is 9.78 Å². The lowest BCUT2D eigenvalue weighted by atomic mass is 10.2. The fourth-order valence-corrected chi connectivity index (χ4v) is 1.89. The summed E-state index contributed by atoms with van der Waals surface area (Å²) < 4.78 is 5.57. The second-order valence-corrected chi connectivity index (χ2v) is 4.03. The maximum absolute atomic E-state index is 10.9. The maximum atomic E-state index is 10.9. The Morgan fingerprint density at radius 2 is 2.47 bits per heavy atom. The number of ether oxygens (including phenoxy) is 1. The molecule has 1 aliphatic heterocycles. The second-order valence-electron chi connectivity index (χ2n) is 4.03. The summed E-state index contributed by atoms with van der Waals surface area (Å²) in [6.07, 6.45) is 1.16. The molecule has 1 N–H and O–H groups in total. The Balaban J connectivity index is 2.16. The van der Waals surface area contributed by atoms with Crippen molar-refractivity contribution in [2.75, 3.05) is 24.6 Å². The molecule has 0 radical (unpaired) electrons. The van der Waals surface area contributed by atoms with Gasteiger partial charge in [0.2, 0.25) is 0 Å². The molecule has 1 aromatic heterocycles. The average molecular weight is 236 g/mol. The van der Waals surface area contributed by atoms with Crippen molar-refractivity contribution in [1.82, 2.24) is 4.98 Å². The first-order valence-electron chi connectivity index (χ1n) is 5.77.